The lowest BCUT2D eigenvalue weighted by Crippen LogP contribution is -1.86. The lowest BCUT2D eigenvalue weighted by Gasteiger charge is -1.97. The SMILES string of the molecule is Cc1ccccc1C=N/N=C/c1ccccc1C. The molecule has 2 aromatic carbocycles. The molecule has 0 heterocycles. The Balaban J connectivity index is 2.08. The van der Waals surface area contributed by atoms with Crippen LogP contribution in [0.2, 0.25) is 0 Å². The summed E-state index contributed by atoms with van der Waals surface area (Å²) >= 11 is 0. The van der Waals surface area contributed by atoms with E-state index in [1.165, 1.54) is 11.1 Å². The molecule has 0 fully saturated rings. The molecule has 2 rings (SSSR count). The van der Waals surface area contributed by atoms with Gasteiger partial charge in [-0.25, -0.2) is 0 Å². The van der Waals surface area contributed by atoms with Gasteiger partial charge in [-0.15, -0.1) is 0 Å². The molecule has 0 atom stereocenters. The highest BCUT2D eigenvalue weighted by Crippen LogP contribution is 2.05. The van der Waals surface area contributed by atoms with Crippen LogP contribution in [0.1, 0.15) is 22.3 Å². The molecule has 18 heavy (non-hydrogen) atoms. The van der Waals surface area contributed by atoms with Crippen LogP contribution in [-0.4, -0.2) is 12.4 Å². The maximum Gasteiger partial charge on any atom is 0.0570 e. The van der Waals surface area contributed by atoms with Crippen LogP contribution in [0.15, 0.2) is 58.7 Å². The molecule has 0 amide bonds. The van der Waals surface area contributed by atoms with Gasteiger partial charge in [0.15, 0.2) is 0 Å². The summed E-state index contributed by atoms with van der Waals surface area (Å²) in [5, 5.41) is 8.17. The fraction of sp³-hybridized carbons (Fsp3) is 0.125. The molecule has 0 bridgehead atoms. The topological polar surface area (TPSA) is 24.7 Å². The summed E-state index contributed by atoms with van der Waals surface area (Å²) in [5.74, 6) is 0. The molecule has 0 radical (unpaired) electrons. The predicted octanol–water partition coefficient (Wildman–Crippen LogP) is 3.76. The standard InChI is InChI=1S/C16H16N2/c1-13-7-3-5-9-15(13)11-17-18-12-16-10-6-4-8-14(16)2/h3-12H,1-2H3/b17-11+,18-12?. The third kappa shape index (κ3) is 3.14. The average molecular weight is 236 g/mol. The minimum Gasteiger partial charge on any atom is -0.159 e. The summed E-state index contributed by atoms with van der Waals surface area (Å²) in [5.41, 5.74) is 4.60. The highest BCUT2D eigenvalue weighted by Gasteiger charge is 1.92. The Hall–Kier alpha value is -2.22. The fourth-order valence-electron chi connectivity index (χ4n) is 1.65. The minimum absolute atomic E-state index is 1.10. The van der Waals surface area contributed by atoms with E-state index in [4.69, 9.17) is 0 Å². The second-order valence-electron chi connectivity index (χ2n) is 4.20. The lowest BCUT2D eigenvalue weighted by molar-refractivity contribution is 1.26. The molecule has 0 unspecified atom stereocenters. The summed E-state index contributed by atoms with van der Waals surface area (Å²) in [4.78, 5) is 0. The van der Waals surface area contributed by atoms with E-state index in [0.29, 0.717) is 0 Å². The van der Waals surface area contributed by atoms with Crippen LogP contribution in [0.4, 0.5) is 0 Å². The van der Waals surface area contributed by atoms with Gasteiger partial charge in [-0.3, -0.25) is 0 Å². The fourth-order valence-corrected chi connectivity index (χ4v) is 1.65. The van der Waals surface area contributed by atoms with Crippen molar-refractivity contribution >= 4 is 12.4 Å². The molecule has 2 nitrogen and oxygen atoms in total. The van der Waals surface area contributed by atoms with Gasteiger partial charge in [-0.1, -0.05) is 48.5 Å². The van der Waals surface area contributed by atoms with Crippen molar-refractivity contribution in [2.45, 2.75) is 13.8 Å². The van der Waals surface area contributed by atoms with Crippen LogP contribution in [0.3, 0.4) is 0 Å². The Bertz CT molecular complexity index is 530. The third-order valence-electron chi connectivity index (χ3n) is 2.84. The zero-order valence-corrected chi connectivity index (χ0v) is 10.7. The smallest absolute Gasteiger partial charge is 0.0570 e. The highest BCUT2D eigenvalue weighted by molar-refractivity contribution is 5.84. The molecule has 0 saturated carbocycles. The van der Waals surface area contributed by atoms with Gasteiger partial charge in [-0.2, -0.15) is 10.2 Å². The van der Waals surface area contributed by atoms with Crippen LogP contribution >= 0.6 is 0 Å². The molecule has 0 aliphatic rings. The normalized spacial score (nSPS) is 11.4. The maximum atomic E-state index is 4.08. The van der Waals surface area contributed by atoms with E-state index in [2.05, 4.69) is 36.2 Å². The molecule has 0 aliphatic carbocycles. The second-order valence-corrected chi connectivity index (χ2v) is 4.20. The average Bonchev–Trinajstić information content (AvgIpc) is 2.38. The van der Waals surface area contributed by atoms with Crippen molar-refractivity contribution in [3.05, 3.63) is 70.8 Å². The van der Waals surface area contributed by atoms with Crippen LogP contribution in [0.25, 0.3) is 0 Å². The molecular weight excluding hydrogens is 220 g/mol. The Morgan fingerprint density at radius 1 is 0.667 bits per heavy atom. The van der Waals surface area contributed by atoms with Gasteiger partial charge in [-0.05, 0) is 36.1 Å². The third-order valence-corrected chi connectivity index (χ3v) is 2.84. The summed E-state index contributed by atoms with van der Waals surface area (Å²) < 4.78 is 0. The number of nitrogens with zero attached hydrogens (tertiary/aromatic N) is 2. The highest BCUT2D eigenvalue weighted by atomic mass is 15.2. The summed E-state index contributed by atoms with van der Waals surface area (Å²) in [6, 6.07) is 16.2. The van der Waals surface area contributed by atoms with Crippen molar-refractivity contribution in [2.75, 3.05) is 0 Å². The van der Waals surface area contributed by atoms with E-state index in [1.54, 1.807) is 12.4 Å². The first kappa shape index (κ1) is 12.2. The summed E-state index contributed by atoms with van der Waals surface area (Å²) in [7, 11) is 0. The van der Waals surface area contributed by atoms with Crippen LogP contribution in [0, 0.1) is 13.8 Å². The number of hydrogen-bond donors (Lipinski definition) is 0. The maximum absolute atomic E-state index is 4.08. The Morgan fingerprint density at radius 2 is 1.06 bits per heavy atom. The number of hydrogen-bond acceptors (Lipinski definition) is 2. The largest absolute Gasteiger partial charge is 0.159 e. The zero-order valence-electron chi connectivity index (χ0n) is 10.7. The molecule has 0 N–H and O–H groups in total. The lowest BCUT2D eigenvalue weighted by atomic mass is 10.1. The first-order valence-electron chi connectivity index (χ1n) is 5.95. The number of aryl methyl sites for hydroxylation is 2. The Kier molecular flexibility index (Phi) is 4.02. The van der Waals surface area contributed by atoms with Crippen molar-refractivity contribution in [1.82, 2.24) is 0 Å². The zero-order chi connectivity index (χ0) is 12.8. The van der Waals surface area contributed by atoms with Crippen LogP contribution in [-0.2, 0) is 0 Å². The predicted molar refractivity (Wildman–Crippen MR) is 77.5 cm³/mol. The van der Waals surface area contributed by atoms with Crippen molar-refractivity contribution in [3.8, 4) is 0 Å². The van der Waals surface area contributed by atoms with Gasteiger partial charge < -0.3 is 0 Å². The Labute approximate surface area is 108 Å². The van der Waals surface area contributed by atoms with Crippen molar-refractivity contribution < 1.29 is 0 Å². The minimum atomic E-state index is 1.10. The van der Waals surface area contributed by atoms with E-state index in [9.17, 15) is 0 Å². The molecule has 0 aromatic heterocycles. The van der Waals surface area contributed by atoms with Crippen molar-refractivity contribution in [3.63, 3.8) is 0 Å². The van der Waals surface area contributed by atoms with Gasteiger partial charge in [0, 0.05) is 0 Å². The molecule has 2 heteroatoms. The van der Waals surface area contributed by atoms with E-state index in [-0.39, 0.29) is 0 Å². The van der Waals surface area contributed by atoms with Gasteiger partial charge in [0.2, 0.25) is 0 Å². The van der Waals surface area contributed by atoms with E-state index in [0.717, 1.165) is 11.1 Å². The quantitative estimate of drug-likeness (QED) is 0.572. The van der Waals surface area contributed by atoms with Gasteiger partial charge >= 0.3 is 0 Å². The molecule has 0 aliphatic heterocycles. The van der Waals surface area contributed by atoms with Crippen molar-refractivity contribution in [2.24, 2.45) is 10.2 Å². The van der Waals surface area contributed by atoms with Gasteiger partial charge in [0.1, 0.15) is 0 Å². The second kappa shape index (κ2) is 5.92. The summed E-state index contributed by atoms with van der Waals surface area (Å²) in [6.45, 7) is 4.12. The van der Waals surface area contributed by atoms with E-state index < -0.39 is 0 Å². The number of rotatable bonds is 3. The van der Waals surface area contributed by atoms with Crippen LogP contribution < -0.4 is 0 Å². The van der Waals surface area contributed by atoms with Crippen molar-refractivity contribution in [1.29, 1.82) is 0 Å². The first-order chi connectivity index (χ1) is 8.77. The molecule has 0 spiro atoms. The molecular formula is C16H16N2. The number of benzene rings is 2. The molecule has 2 aromatic rings. The van der Waals surface area contributed by atoms with Crippen LogP contribution in [0.5, 0.6) is 0 Å². The Morgan fingerprint density at radius 3 is 1.44 bits per heavy atom. The first-order valence-corrected chi connectivity index (χ1v) is 5.95. The van der Waals surface area contributed by atoms with E-state index in [1.807, 2.05) is 36.4 Å². The summed E-state index contributed by atoms with van der Waals surface area (Å²) in [6.07, 6.45) is 3.56. The monoisotopic (exact) mass is 236 g/mol. The van der Waals surface area contributed by atoms with E-state index >= 15 is 0 Å². The van der Waals surface area contributed by atoms with Gasteiger partial charge in [0.05, 0.1) is 12.4 Å². The molecule has 90 valence electrons. The molecule has 0 saturated heterocycles. The van der Waals surface area contributed by atoms with Gasteiger partial charge in [0.25, 0.3) is 0 Å².